The molecule has 1 fully saturated rings. The Morgan fingerprint density at radius 1 is 1.37 bits per heavy atom. The predicted molar refractivity (Wildman–Crippen MR) is 70.0 cm³/mol. The van der Waals surface area contributed by atoms with E-state index in [1.807, 2.05) is 0 Å². The Morgan fingerprint density at radius 2 is 2.05 bits per heavy atom. The average Bonchev–Trinajstić information content (AvgIpc) is 2.40. The van der Waals surface area contributed by atoms with Gasteiger partial charge in [-0.3, -0.25) is 10.1 Å². The van der Waals surface area contributed by atoms with Gasteiger partial charge in [-0.1, -0.05) is 25.3 Å². The Balaban J connectivity index is 2.14. The van der Waals surface area contributed by atoms with E-state index in [1.54, 1.807) is 0 Å². The molecule has 1 saturated carbocycles. The molecular weight excluding hydrogens is 247 g/mol. The first-order valence-corrected chi connectivity index (χ1v) is 6.61. The first-order chi connectivity index (χ1) is 9.08. The van der Waals surface area contributed by atoms with Gasteiger partial charge in [0.25, 0.3) is 0 Å². The lowest BCUT2D eigenvalue weighted by Gasteiger charge is -2.27. The smallest absolute Gasteiger partial charge is 0.239 e. The highest BCUT2D eigenvalue weighted by Gasteiger charge is 2.23. The molecule has 0 aliphatic heterocycles. The van der Waals surface area contributed by atoms with Gasteiger partial charge in [0, 0.05) is 6.04 Å². The molecule has 5 heteroatoms. The Morgan fingerprint density at radius 3 is 2.63 bits per heavy atom. The number of phenols is 1. The molecule has 4 nitrogen and oxygen atoms in total. The van der Waals surface area contributed by atoms with Crippen LogP contribution in [0.5, 0.6) is 5.75 Å². The van der Waals surface area contributed by atoms with E-state index in [0.29, 0.717) is 5.56 Å². The van der Waals surface area contributed by atoms with Gasteiger partial charge in [-0.2, -0.15) is 0 Å². The molecule has 1 aromatic rings. The van der Waals surface area contributed by atoms with Gasteiger partial charge in [0.1, 0.15) is 6.04 Å². The minimum Gasteiger partial charge on any atom is -0.505 e. The van der Waals surface area contributed by atoms with Crippen LogP contribution in [0.2, 0.25) is 0 Å². The first kappa shape index (κ1) is 13.8. The molecule has 1 aliphatic rings. The standard InChI is InChI=1S/C14H19FN2O2/c15-11-8-9(6-7-12(11)18)13(14(16)19)17-10-4-2-1-3-5-10/h6-8,10,13,17-18H,1-5H2,(H2,16,19). The molecule has 1 amide bonds. The number of halogens is 1. The molecule has 1 atom stereocenters. The molecule has 104 valence electrons. The first-order valence-electron chi connectivity index (χ1n) is 6.61. The maximum absolute atomic E-state index is 13.4. The molecule has 0 aromatic heterocycles. The van der Waals surface area contributed by atoms with Crippen molar-refractivity contribution in [3.8, 4) is 5.75 Å². The van der Waals surface area contributed by atoms with Gasteiger partial charge < -0.3 is 10.8 Å². The maximum atomic E-state index is 13.4. The van der Waals surface area contributed by atoms with E-state index in [0.717, 1.165) is 31.7 Å². The van der Waals surface area contributed by atoms with Crippen molar-refractivity contribution < 1.29 is 14.3 Å². The lowest BCUT2D eigenvalue weighted by Crippen LogP contribution is -2.41. The third-order valence-corrected chi connectivity index (χ3v) is 3.60. The molecule has 4 N–H and O–H groups in total. The largest absolute Gasteiger partial charge is 0.505 e. The highest BCUT2D eigenvalue weighted by atomic mass is 19.1. The van der Waals surface area contributed by atoms with Crippen molar-refractivity contribution in [2.45, 2.75) is 44.2 Å². The van der Waals surface area contributed by atoms with Crippen LogP contribution in [0.1, 0.15) is 43.7 Å². The molecule has 1 unspecified atom stereocenters. The van der Waals surface area contributed by atoms with Gasteiger partial charge in [0.2, 0.25) is 5.91 Å². The zero-order valence-electron chi connectivity index (χ0n) is 10.7. The minimum atomic E-state index is -0.741. The van der Waals surface area contributed by atoms with Crippen molar-refractivity contribution in [2.24, 2.45) is 5.73 Å². The molecule has 0 bridgehead atoms. The SMILES string of the molecule is NC(=O)C(NC1CCCCC1)c1ccc(O)c(F)c1. The van der Waals surface area contributed by atoms with Crippen LogP contribution in [0.3, 0.4) is 0 Å². The van der Waals surface area contributed by atoms with Crippen molar-refractivity contribution >= 4 is 5.91 Å². The van der Waals surface area contributed by atoms with Crippen molar-refractivity contribution in [1.82, 2.24) is 5.32 Å². The molecule has 2 rings (SSSR count). The van der Waals surface area contributed by atoms with Crippen molar-refractivity contribution in [2.75, 3.05) is 0 Å². The summed E-state index contributed by atoms with van der Waals surface area (Å²) < 4.78 is 13.4. The van der Waals surface area contributed by atoms with Crippen LogP contribution in [-0.2, 0) is 4.79 Å². The third-order valence-electron chi connectivity index (χ3n) is 3.60. The molecule has 0 saturated heterocycles. The fraction of sp³-hybridized carbons (Fsp3) is 0.500. The minimum absolute atomic E-state index is 0.239. The maximum Gasteiger partial charge on any atom is 0.239 e. The number of primary amides is 1. The van der Waals surface area contributed by atoms with E-state index in [2.05, 4.69) is 5.32 Å². The second-order valence-corrected chi connectivity index (χ2v) is 5.05. The summed E-state index contributed by atoms with van der Waals surface area (Å²) in [5.41, 5.74) is 5.84. The predicted octanol–water partition coefficient (Wildman–Crippen LogP) is 1.98. The lowest BCUT2D eigenvalue weighted by molar-refractivity contribution is -0.120. The normalized spacial score (nSPS) is 18.2. The molecule has 0 spiro atoms. The number of carbonyl (C=O) groups is 1. The number of nitrogens with two attached hydrogens (primary N) is 1. The quantitative estimate of drug-likeness (QED) is 0.780. The summed E-state index contributed by atoms with van der Waals surface area (Å²) >= 11 is 0. The number of nitrogens with one attached hydrogen (secondary N) is 1. The van der Waals surface area contributed by atoms with Crippen LogP contribution in [0.4, 0.5) is 4.39 Å². The number of rotatable bonds is 4. The number of benzene rings is 1. The van der Waals surface area contributed by atoms with Gasteiger partial charge in [0.05, 0.1) is 0 Å². The van der Waals surface area contributed by atoms with E-state index in [-0.39, 0.29) is 6.04 Å². The summed E-state index contributed by atoms with van der Waals surface area (Å²) in [5.74, 6) is -1.70. The Kier molecular flexibility index (Phi) is 4.37. The van der Waals surface area contributed by atoms with E-state index in [9.17, 15) is 14.3 Å². The number of amides is 1. The van der Waals surface area contributed by atoms with Crippen molar-refractivity contribution in [3.63, 3.8) is 0 Å². The summed E-state index contributed by atoms with van der Waals surface area (Å²) in [6.07, 6.45) is 5.49. The van der Waals surface area contributed by atoms with Crippen LogP contribution in [0.25, 0.3) is 0 Å². The van der Waals surface area contributed by atoms with E-state index in [1.165, 1.54) is 18.6 Å². The highest BCUT2D eigenvalue weighted by molar-refractivity contribution is 5.81. The van der Waals surface area contributed by atoms with Gasteiger partial charge >= 0.3 is 0 Å². The van der Waals surface area contributed by atoms with Crippen LogP contribution in [0.15, 0.2) is 18.2 Å². The zero-order valence-corrected chi connectivity index (χ0v) is 10.7. The zero-order chi connectivity index (χ0) is 13.8. The third kappa shape index (κ3) is 3.44. The fourth-order valence-corrected chi connectivity index (χ4v) is 2.55. The van der Waals surface area contributed by atoms with Gasteiger partial charge in [-0.15, -0.1) is 0 Å². The summed E-state index contributed by atoms with van der Waals surface area (Å²) in [7, 11) is 0. The molecular formula is C14H19FN2O2. The van der Waals surface area contributed by atoms with Crippen molar-refractivity contribution in [1.29, 1.82) is 0 Å². The van der Waals surface area contributed by atoms with Gasteiger partial charge in [-0.25, -0.2) is 4.39 Å². The van der Waals surface area contributed by atoms with Gasteiger partial charge in [0.15, 0.2) is 11.6 Å². The Bertz CT molecular complexity index is 459. The molecule has 0 heterocycles. The number of hydrogen-bond donors (Lipinski definition) is 3. The number of hydrogen-bond acceptors (Lipinski definition) is 3. The molecule has 1 aliphatic carbocycles. The van der Waals surface area contributed by atoms with Gasteiger partial charge in [-0.05, 0) is 30.5 Å². The van der Waals surface area contributed by atoms with Crippen LogP contribution in [-0.4, -0.2) is 17.1 Å². The molecule has 0 radical (unpaired) electrons. The highest BCUT2D eigenvalue weighted by Crippen LogP contribution is 2.24. The monoisotopic (exact) mass is 266 g/mol. The summed E-state index contributed by atoms with van der Waals surface area (Å²) in [6, 6.07) is 3.44. The van der Waals surface area contributed by atoms with E-state index < -0.39 is 23.5 Å². The Labute approximate surface area is 111 Å². The molecule has 19 heavy (non-hydrogen) atoms. The number of carbonyl (C=O) groups excluding carboxylic acids is 1. The van der Waals surface area contributed by atoms with Crippen molar-refractivity contribution in [3.05, 3.63) is 29.6 Å². The average molecular weight is 266 g/mol. The Hall–Kier alpha value is -1.62. The van der Waals surface area contributed by atoms with Crippen LogP contribution >= 0.6 is 0 Å². The van der Waals surface area contributed by atoms with Crippen LogP contribution < -0.4 is 11.1 Å². The second kappa shape index (κ2) is 6.02. The fourth-order valence-electron chi connectivity index (χ4n) is 2.55. The second-order valence-electron chi connectivity index (χ2n) is 5.05. The molecule has 1 aromatic carbocycles. The number of aromatic hydroxyl groups is 1. The summed E-state index contributed by atoms with van der Waals surface area (Å²) in [4.78, 5) is 11.5. The number of phenolic OH excluding ortho intramolecular Hbond substituents is 1. The van der Waals surface area contributed by atoms with Crippen LogP contribution in [0, 0.1) is 5.82 Å². The van der Waals surface area contributed by atoms with E-state index in [4.69, 9.17) is 5.73 Å². The lowest BCUT2D eigenvalue weighted by atomic mass is 9.94. The summed E-state index contributed by atoms with van der Waals surface area (Å²) in [5, 5.41) is 12.4. The van der Waals surface area contributed by atoms with E-state index >= 15 is 0 Å². The topological polar surface area (TPSA) is 75.4 Å². The summed E-state index contributed by atoms with van der Waals surface area (Å²) in [6.45, 7) is 0.